The summed E-state index contributed by atoms with van der Waals surface area (Å²) < 4.78 is 0. The Hall–Kier alpha value is -0.870. The van der Waals surface area contributed by atoms with Crippen LogP contribution in [0, 0.1) is 5.92 Å². The number of aliphatic hydroxyl groups is 1. The molecule has 1 heterocycles. The summed E-state index contributed by atoms with van der Waals surface area (Å²) in [6.45, 7) is 5.34. The number of nitrogens with zero attached hydrogens (tertiary/aromatic N) is 1. The summed E-state index contributed by atoms with van der Waals surface area (Å²) in [5.41, 5.74) is 2.14. The summed E-state index contributed by atoms with van der Waals surface area (Å²) in [7, 11) is 0. The second-order valence-electron chi connectivity index (χ2n) is 5.01. The van der Waals surface area contributed by atoms with Gasteiger partial charge >= 0.3 is 0 Å². The zero-order chi connectivity index (χ0) is 13.1. The van der Waals surface area contributed by atoms with Crippen molar-refractivity contribution in [2.24, 2.45) is 5.92 Å². The summed E-state index contributed by atoms with van der Waals surface area (Å²) in [6, 6.07) is 0. The van der Waals surface area contributed by atoms with Crippen molar-refractivity contribution in [3.8, 4) is 0 Å². The smallest absolute Gasteiger partial charge is 0.255 e. The maximum absolute atomic E-state index is 12.4. The summed E-state index contributed by atoms with van der Waals surface area (Å²) in [4.78, 5) is 15.5. The topological polar surface area (TPSA) is 40.5 Å². The molecule has 100 valence electrons. The van der Waals surface area contributed by atoms with Crippen LogP contribution in [0.2, 0.25) is 0 Å². The standard InChI is InChI=1S/C14H21NO2S/c1-3-15(6-7-16)14(17)12-9-18-13-8-10(2)4-5-11(12)13/h9-10,16H,3-8H2,1-2H3/t10-/m1/s1. The van der Waals surface area contributed by atoms with E-state index in [0.29, 0.717) is 13.1 Å². The Morgan fingerprint density at radius 1 is 1.61 bits per heavy atom. The normalized spacial score (nSPS) is 18.5. The highest BCUT2D eigenvalue weighted by Crippen LogP contribution is 2.33. The van der Waals surface area contributed by atoms with Crippen LogP contribution in [0.25, 0.3) is 0 Å². The quantitative estimate of drug-likeness (QED) is 0.909. The van der Waals surface area contributed by atoms with Crippen LogP contribution in [0.15, 0.2) is 5.38 Å². The van der Waals surface area contributed by atoms with Crippen molar-refractivity contribution < 1.29 is 9.90 Å². The molecule has 1 atom stereocenters. The van der Waals surface area contributed by atoms with Crippen molar-refractivity contribution >= 4 is 17.2 Å². The van der Waals surface area contributed by atoms with E-state index < -0.39 is 0 Å². The molecule has 0 saturated carbocycles. The molecule has 0 unspecified atom stereocenters. The largest absolute Gasteiger partial charge is 0.395 e. The highest BCUT2D eigenvalue weighted by Gasteiger charge is 2.25. The number of carbonyl (C=O) groups is 1. The highest BCUT2D eigenvalue weighted by atomic mass is 32.1. The molecule has 1 aromatic rings. The van der Waals surface area contributed by atoms with E-state index in [0.717, 1.165) is 24.3 Å². The predicted molar refractivity (Wildman–Crippen MR) is 74.2 cm³/mol. The fourth-order valence-electron chi connectivity index (χ4n) is 2.55. The van der Waals surface area contributed by atoms with Crippen LogP contribution in [-0.4, -0.2) is 35.6 Å². The Bertz CT molecular complexity index is 427. The predicted octanol–water partition coefficient (Wildman–Crippen LogP) is 2.33. The molecule has 1 aromatic heterocycles. The molecule has 4 heteroatoms. The molecule has 0 fully saturated rings. The molecule has 2 rings (SSSR count). The van der Waals surface area contributed by atoms with Gasteiger partial charge in [0.1, 0.15) is 0 Å². The lowest BCUT2D eigenvalue weighted by atomic mass is 9.88. The maximum Gasteiger partial charge on any atom is 0.255 e. The number of hydrogen-bond acceptors (Lipinski definition) is 3. The van der Waals surface area contributed by atoms with Gasteiger partial charge in [-0.05, 0) is 37.7 Å². The van der Waals surface area contributed by atoms with Crippen LogP contribution in [-0.2, 0) is 12.8 Å². The number of hydrogen-bond donors (Lipinski definition) is 1. The van der Waals surface area contributed by atoms with Gasteiger partial charge in [-0.1, -0.05) is 6.92 Å². The molecule has 0 saturated heterocycles. The molecule has 0 spiro atoms. The first-order valence-electron chi connectivity index (χ1n) is 6.66. The van der Waals surface area contributed by atoms with Gasteiger partial charge in [0.05, 0.1) is 12.2 Å². The van der Waals surface area contributed by atoms with E-state index in [1.54, 1.807) is 16.2 Å². The number of fused-ring (bicyclic) bond motifs is 1. The molecule has 18 heavy (non-hydrogen) atoms. The van der Waals surface area contributed by atoms with Gasteiger partial charge in [0.2, 0.25) is 0 Å². The Kier molecular flexibility index (Phi) is 4.40. The van der Waals surface area contributed by atoms with E-state index in [2.05, 4.69) is 6.92 Å². The summed E-state index contributed by atoms with van der Waals surface area (Å²) in [5, 5.41) is 11.0. The zero-order valence-corrected chi connectivity index (χ0v) is 11.9. The van der Waals surface area contributed by atoms with Gasteiger partial charge in [0.15, 0.2) is 0 Å². The van der Waals surface area contributed by atoms with Crippen molar-refractivity contribution in [1.82, 2.24) is 4.90 Å². The van der Waals surface area contributed by atoms with Gasteiger partial charge in [0.25, 0.3) is 5.91 Å². The Labute approximate surface area is 112 Å². The number of likely N-dealkylation sites (N-methyl/N-ethyl adjacent to an activating group) is 1. The van der Waals surface area contributed by atoms with E-state index in [1.165, 1.54) is 16.9 Å². The van der Waals surface area contributed by atoms with Gasteiger partial charge in [-0.3, -0.25) is 4.79 Å². The molecule has 0 bridgehead atoms. The Balaban J connectivity index is 2.21. The Morgan fingerprint density at radius 2 is 2.39 bits per heavy atom. The van der Waals surface area contributed by atoms with Gasteiger partial charge in [-0.2, -0.15) is 0 Å². The van der Waals surface area contributed by atoms with Crippen molar-refractivity contribution in [3.05, 3.63) is 21.4 Å². The van der Waals surface area contributed by atoms with E-state index >= 15 is 0 Å². The first-order valence-corrected chi connectivity index (χ1v) is 7.54. The number of carbonyl (C=O) groups excluding carboxylic acids is 1. The maximum atomic E-state index is 12.4. The van der Waals surface area contributed by atoms with Crippen molar-refractivity contribution in [2.45, 2.75) is 33.1 Å². The number of aliphatic hydroxyl groups excluding tert-OH is 1. The monoisotopic (exact) mass is 267 g/mol. The van der Waals surface area contributed by atoms with Crippen LogP contribution in [0.3, 0.4) is 0 Å². The minimum Gasteiger partial charge on any atom is -0.395 e. The van der Waals surface area contributed by atoms with E-state index in [4.69, 9.17) is 5.11 Å². The van der Waals surface area contributed by atoms with E-state index in [-0.39, 0.29) is 12.5 Å². The zero-order valence-electron chi connectivity index (χ0n) is 11.1. The molecule has 0 aromatic carbocycles. The molecule has 0 radical (unpaired) electrons. The van der Waals surface area contributed by atoms with Crippen LogP contribution >= 0.6 is 11.3 Å². The third-order valence-corrected chi connectivity index (χ3v) is 4.72. The molecular weight excluding hydrogens is 246 g/mol. The van der Waals surface area contributed by atoms with Gasteiger partial charge in [-0.15, -0.1) is 11.3 Å². The van der Waals surface area contributed by atoms with Crippen molar-refractivity contribution in [1.29, 1.82) is 0 Å². The average molecular weight is 267 g/mol. The molecule has 3 nitrogen and oxygen atoms in total. The van der Waals surface area contributed by atoms with E-state index in [9.17, 15) is 4.79 Å². The fourth-order valence-corrected chi connectivity index (χ4v) is 3.79. The second kappa shape index (κ2) is 5.85. The lowest BCUT2D eigenvalue weighted by Crippen LogP contribution is -2.33. The molecule has 1 aliphatic rings. The first kappa shape index (κ1) is 13.6. The molecular formula is C14H21NO2S. The average Bonchev–Trinajstić information content (AvgIpc) is 2.77. The lowest BCUT2D eigenvalue weighted by molar-refractivity contribution is 0.0731. The third-order valence-electron chi connectivity index (χ3n) is 3.67. The second-order valence-corrected chi connectivity index (χ2v) is 5.97. The SMILES string of the molecule is CCN(CCO)C(=O)c1csc2c1CC[C@@H](C)C2. The van der Waals surface area contributed by atoms with Crippen LogP contribution in [0.5, 0.6) is 0 Å². The lowest BCUT2D eigenvalue weighted by Gasteiger charge is -2.22. The van der Waals surface area contributed by atoms with Crippen molar-refractivity contribution in [3.63, 3.8) is 0 Å². The summed E-state index contributed by atoms with van der Waals surface area (Å²) in [6.07, 6.45) is 3.31. The summed E-state index contributed by atoms with van der Waals surface area (Å²) in [5.74, 6) is 0.817. The van der Waals surface area contributed by atoms with Crippen LogP contribution in [0.1, 0.15) is 41.1 Å². The van der Waals surface area contributed by atoms with Crippen molar-refractivity contribution in [2.75, 3.05) is 19.7 Å². The van der Waals surface area contributed by atoms with E-state index in [1.807, 2.05) is 12.3 Å². The number of amides is 1. The van der Waals surface area contributed by atoms with Crippen LogP contribution in [0.4, 0.5) is 0 Å². The van der Waals surface area contributed by atoms with Gasteiger partial charge in [0, 0.05) is 23.3 Å². The molecule has 1 amide bonds. The minimum atomic E-state index is 0.0307. The third kappa shape index (κ3) is 2.59. The molecule has 1 N–H and O–H groups in total. The molecule has 0 aliphatic heterocycles. The molecule has 1 aliphatic carbocycles. The van der Waals surface area contributed by atoms with Gasteiger partial charge < -0.3 is 10.0 Å². The number of thiophene rings is 1. The first-order chi connectivity index (χ1) is 8.67. The van der Waals surface area contributed by atoms with Crippen LogP contribution < -0.4 is 0 Å². The number of rotatable bonds is 4. The summed E-state index contributed by atoms with van der Waals surface area (Å²) >= 11 is 1.72. The Morgan fingerprint density at radius 3 is 3.06 bits per heavy atom. The highest BCUT2D eigenvalue weighted by molar-refractivity contribution is 7.10. The van der Waals surface area contributed by atoms with Gasteiger partial charge in [-0.25, -0.2) is 0 Å². The minimum absolute atomic E-state index is 0.0307. The fraction of sp³-hybridized carbons (Fsp3) is 0.643.